The van der Waals surface area contributed by atoms with E-state index >= 15 is 0 Å². The summed E-state index contributed by atoms with van der Waals surface area (Å²) in [5.41, 5.74) is 0. The van der Waals surface area contributed by atoms with Crippen LogP contribution in [-0.4, -0.2) is 73.4 Å². The Kier molecular flexibility index (Phi) is 48.3. The number of allylic oxidation sites excluding steroid dienone is 7. The molecule has 0 aromatic heterocycles. The van der Waals surface area contributed by atoms with Crippen molar-refractivity contribution >= 4 is 13.7 Å². The number of rotatable bonds is 52. The van der Waals surface area contributed by atoms with Gasteiger partial charge in [0.25, 0.3) is 0 Å². The summed E-state index contributed by atoms with van der Waals surface area (Å²) in [5, 5.41) is 13.9. The summed E-state index contributed by atoms with van der Waals surface area (Å²) in [6, 6.07) is -0.875. The zero-order valence-electron chi connectivity index (χ0n) is 44.9. The van der Waals surface area contributed by atoms with Crippen molar-refractivity contribution in [3.63, 3.8) is 0 Å². The van der Waals surface area contributed by atoms with Crippen molar-refractivity contribution in [1.82, 2.24) is 5.32 Å². The van der Waals surface area contributed by atoms with Crippen LogP contribution in [0.25, 0.3) is 0 Å². The molecule has 0 heterocycles. The Balaban J connectivity index is 4.25. The van der Waals surface area contributed by atoms with Crippen molar-refractivity contribution in [2.75, 3.05) is 40.9 Å². The van der Waals surface area contributed by atoms with Crippen LogP contribution in [0.1, 0.15) is 264 Å². The van der Waals surface area contributed by atoms with Crippen molar-refractivity contribution in [2.45, 2.75) is 276 Å². The average molecular weight is 965 g/mol. The van der Waals surface area contributed by atoms with E-state index in [0.29, 0.717) is 17.4 Å². The minimum Gasteiger partial charge on any atom is -0.387 e. The van der Waals surface area contributed by atoms with Crippen LogP contribution in [0.5, 0.6) is 0 Å². The molecule has 0 fully saturated rings. The Morgan fingerprint density at radius 2 is 0.821 bits per heavy atom. The molecule has 0 saturated heterocycles. The number of phosphoric ester groups is 1. The number of carbonyl (C=O) groups is 1. The second kappa shape index (κ2) is 49.4. The number of phosphoric acid groups is 1. The zero-order valence-corrected chi connectivity index (χ0v) is 45.8. The maximum Gasteiger partial charge on any atom is 0.472 e. The van der Waals surface area contributed by atoms with Gasteiger partial charge in [0, 0.05) is 6.42 Å². The number of nitrogens with zero attached hydrogens (tertiary/aromatic N) is 1. The fourth-order valence-electron chi connectivity index (χ4n) is 8.25. The normalized spacial score (nSPS) is 14.3. The van der Waals surface area contributed by atoms with E-state index in [1.54, 1.807) is 6.08 Å². The molecule has 0 aromatic rings. The van der Waals surface area contributed by atoms with Crippen LogP contribution in [-0.2, 0) is 18.4 Å². The Labute approximate surface area is 416 Å². The lowest BCUT2D eigenvalue weighted by atomic mass is 10.0. The van der Waals surface area contributed by atoms with Crippen LogP contribution in [0.4, 0.5) is 0 Å². The van der Waals surface area contributed by atoms with E-state index in [1.165, 1.54) is 186 Å². The highest BCUT2D eigenvalue weighted by Gasteiger charge is 2.27. The molecule has 0 rings (SSSR count). The quantitative estimate of drug-likeness (QED) is 0.0243. The van der Waals surface area contributed by atoms with Gasteiger partial charge in [0.15, 0.2) is 0 Å². The molecule has 0 aliphatic rings. The number of aliphatic hydroxyl groups excluding tert-OH is 1. The van der Waals surface area contributed by atoms with Gasteiger partial charge in [-0.15, -0.1) is 0 Å². The fourth-order valence-corrected chi connectivity index (χ4v) is 8.98. The number of hydrogen-bond acceptors (Lipinski definition) is 5. The van der Waals surface area contributed by atoms with E-state index in [-0.39, 0.29) is 19.1 Å². The van der Waals surface area contributed by atoms with Gasteiger partial charge in [-0.1, -0.05) is 236 Å². The second-order valence-electron chi connectivity index (χ2n) is 20.6. The van der Waals surface area contributed by atoms with Crippen molar-refractivity contribution in [2.24, 2.45) is 0 Å². The van der Waals surface area contributed by atoms with E-state index in [0.717, 1.165) is 57.8 Å². The third kappa shape index (κ3) is 52.1. The predicted molar refractivity (Wildman–Crippen MR) is 291 cm³/mol. The molecule has 9 heteroatoms. The third-order valence-corrected chi connectivity index (χ3v) is 13.7. The number of unbranched alkanes of at least 4 members (excludes halogenated alkanes) is 33. The lowest BCUT2D eigenvalue weighted by Crippen LogP contribution is -2.45. The van der Waals surface area contributed by atoms with Gasteiger partial charge in [-0.05, 0) is 70.6 Å². The number of hydrogen-bond donors (Lipinski definition) is 3. The molecule has 0 aliphatic carbocycles. The molecule has 0 aliphatic heterocycles. The van der Waals surface area contributed by atoms with Crippen LogP contribution in [0, 0.1) is 0 Å². The maximum atomic E-state index is 12.9. The number of amides is 1. The molecule has 0 saturated carbocycles. The Bertz CT molecular complexity index is 1230. The lowest BCUT2D eigenvalue weighted by molar-refractivity contribution is -0.870. The highest BCUT2D eigenvalue weighted by Crippen LogP contribution is 2.43. The molecular formula is C58H112N2O6P+. The SMILES string of the molecule is CCCCCCCCC/C=C\CCCCCCCC(=O)NC(COP(=O)(O)OCC[N+](C)(C)C)C(O)/C=C/CC/C=C/CC/C=C/CCCCCCCCCCCCCCCCCCCCC. The molecule has 67 heavy (non-hydrogen) atoms. The third-order valence-electron chi connectivity index (χ3n) is 12.7. The summed E-state index contributed by atoms with van der Waals surface area (Å²) in [6.07, 6.45) is 65.1. The first-order valence-electron chi connectivity index (χ1n) is 28.5. The molecule has 3 N–H and O–H groups in total. The van der Waals surface area contributed by atoms with Crippen LogP contribution < -0.4 is 5.32 Å². The molecule has 0 spiro atoms. The summed E-state index contributed by atoms with van der Waals surface area (Å²) >= 11 is 0. The fraction of sp³-hybridized carbons (Fsp3) is 0.845. The lowest BCUT2D eigenvalue weighted by Gasteiger charge is -2.25. The Morgan fingerprint density at radius 3 is 1.19 bits per heavy atom. The van der Waals surface area contributed by atoms with E-state index in [4.69, 9.17) is 9.05 Å². The molecule has 0 bridgehead atoms. The first-order valence-corrected chi connectivity index (χ1v) is 30.0. The number of likely N-dealkylation sites (N-methyl/N-ethyl adjacent to an activating group) is 1. The van der Waals surface area contributed by atoms with Crippen molar-refractivity contribution in [3.05, 3.63) is 48.6 Å². The van der Waals surface area contributed by atoms with Crippen LogP contribution in [0.3, 0.4) is 0 Å². The summed E-state index contributed by atoms with van der Waals surface area (Å²) in [7, 11) is 1.54. The molecule has 3 unspecified atom stereocenters. The molecule has 3 atom stereocenters. The molecule has 0 radical (unpaired) electrons. The van der Waals surface area contributed by atoms with Gasteiger partial charge in [0.2, 0.25) is 5.91 Å². The Morgan fingerprint density at radius 1 is 0.493 bits per heavy atom. The van der Waals surface area contributed by atoms with E-state index in [2.05, 4.69) is 55.6 Å². The van der Waals surface area contributed by atoms with Crippen LogP contribution in [0.15, 0.2) is 48.6 Å². The largest absolute Gasteiger partial charge is 0.472 e. The molecule has 394 valence electrons. The Hall–Kier alpha value is -1.54. The maximum absolute atomic E-state index is 12.9. The van der Waals surface area contributed by atoms with E-state index in [9.17, 15) is 19.4 Å². The standard InChI is InChI=1S/C58H111N2O6P/c1-6-8-10-12-14-16-18-20-22-24-25-26-27-28-29-30-31-32-33-34-35-36-37-39-41-43-45-47-49-51-57(61)56(55-66-67(63,64)65-54-53-60(3,4)5)59-58(62)52-50-48-46-44-42-40-38-23-21-19-17-15-13-11-9-7-2/h23,35-36,38,41,43,49,51,56-57,61H,6-22,24-34,37,39-40,42,44-48,50,52-55H2,1-5H3,(H-,59,62,63,64)/p+1/b36-35+,38-23-,43-41+,51-49+. The monoisotopic (exact) mass is 964 g/mol. The number of aliphatic hydroxyl groups is 1. The van der Waals surface area contributed by atoms with Gasteiger partial charge >= 0.3 is 7.82 Å². The molecule has 8 nitrogen and oxygen atoms in total. The molecule has 0 aromatic carbocycles. The van der Waals surface area contributed by atoms with Gasteiger partial charge in [-0.25, -0.2) is 4.57 Å². The summed E-state index contributed by atoms with van der Waals surface area (Å²) in [6.45, 7) is 4.80. The van der Waals surface area contributed by atoms with Crippen LogP contribution in [0.2, 0.25) is 0 Å². The van der Waals surface area contributed by atoms with E-state index in [1.807, 2.05) is 27.2 Å². The van der Waals surface area contributed by atoms with Gasteiger partial charge in [-0.3, -0.25) is 13.8 Å². The molecule has 1 amide bonds. The van der Waals surface area contributed by atoms with Crippen molar-refractivity contribution in [1.29, 1.82) is 0 Å². The highest BCUT2D eigenvalue weighted by molar-refractivity contribution is 7.47. The topological polar surface area (TPSA) is 105 Å². The number of carbonyl (C=O) groups excluding carboxylic acids is 1. The average Bonchev–Trinajstić information content (AvgIpc) is 3.29. The van der Waals surface area contributed by atoms with E-state index < -0.39 is 20.0 Å². The zero-order chi connectivity index (χ0) is 49.2. The van der Waals surface area contributed by atoms with Gasteiger partial charge in [-0.2, -0.15) is 0 Å². The van der Waals surface area contributed by atoms with Gasteiger partial charge in [0.05, 0.1) is 39.9 Å². The van der Waals surface area contributed by atoms with Gasteiger partial charge in [0.1, 0.15) is 13.2 Å². The minimum atomic E-state index is -4.36. The number of quaternary nitrogens is 1. The van der Waals surface area contributed by atoms with Gasteiger partial charge < -0.3 is 19.8 Å². The van der Waals surface area contributed by atoms with Crippen molar-refractivity contribution in [3.8, 4) is 0 Å². The highest BCUT2D eigenvalue weighted by atomic mass is 31.2. The van der Waals surface area contributed by atoms with Crippen LogP contribution >= 0.6 is 7.82 Å². The molecular weight excluding hydrogens is 852 g/mol. The first-order chi connectivity index (χ1) is 32.5. The summed E-state index contributed by atoms with van der Waals surface area (Å²) in [5.74, 6) is -0.198. The second-order valence-corrected chi connectivity index (χ2v) is 22.1. The van der Waals surface area contributed by atoms with Crippen molar-refractivity contribution < 1.29 is 32.9 Å². The summed E-state index contributed by atoms with van der Waals surface area (Å²) < 4.78 is 23.6. The first kappa shape index (κ1) is 65.5. The minimum absolute atomic E-state index is 0.0513. The number of nitrogens with one attached hydrogen (secondary N) is 1. The summed E-state index contributed by atoms with van der Waals surface area (Å²) in [4.78, 5) is 23.2. The predicted octanol–water partition coefficient (Wildman–Crippen LogP) is 17.2. The smallest absolute Gasteiger partial charge is 0.387 e.